The second kappa shape index (κ2) is 7.10. The molecular formula is C17H32N2O2. The molecule has 21 heavy (non-hydrogen) atoms. The van der Waals surface area contributed by atoms with Crippen LogP contribution in [0, 0.1) is 5.92 Å². The Morgan fingerprint density at radius 1 is 1.14 bits per heavy atom. The first kappa shape index (κ1) is 16.8. The van der Waals surface area contributed by atoms with Gasteiger partial charge in [-0.25, -0.2) is 0 Å². The molecule has 2 rings (SSSR count). The SMILES string of the molecule is CC1CCCCN1CCC1CCN(C(=O)C(C)(C)O)CC1. The molecule has 0 spiro atoms. The maximum Gasteiger partial charge on any atom is 0.253 e. The highest BCUT2D eigenvalue weighted by molar-refractivity contribution is 5.84. The molecule has 1 N–H and O–H groups in total. The van der Waals surface area contributed by atoms with Crippen LogP contribution >= 0.6 is 0 Å². The van der Waals surface area contributed by atoms with Crippen LogP contribution in [0.1, 0.15) is 59.3 Å². The molecule has 2 fully saturated rings. The maximum atomic E-state index is 12.0. The summed E-state index contributed by atoms with van der Waals surface area (Å²) < 4.78 is 0. The van der Waals surface area contributed by atoms with E-state index in [9.17, 15) is 9.90 Å². The summed E-state index contributed by atoms with van der Waals surface area (Å²) in [4.78, 5) is 16.5. The average molecular weight is 296 g/mol. The number of nitrogens with zero attached hydrogens (tertiary/aromatic N) is 2. The third-order valence-corrected chi connectivity index (χ3v) is 5.19. The zero-order valence-corrected chi connectivity index (χ0v) is 14.0. The lowest BCUT2D eigenvalue weighted by Gasteiger charge is -2.37. The maximum absolute atomic E-state index is 12.0. The first-order valence-corrected chi connectivity index (χ1v) is 8.63. The van der Waals surface area contributed by atoms with Crippen LogP contribution in [0.4, 0.5) is 0 Å². The lowest BCUT2D eigenvalue weighted by atomic mass is 9.91. The predicted octanol–water partition coefficient (Wildman–Crippen LogP) is 2.26. The van der Waals surface area contributed by atoms with Gasteiger partial charge in [-0.15, -0.1) is 0 Å². The zero-order valence-electron chi connectivity index (χ0n) is 14.0. The van der Waals surface area contributed by atoms with Crippen LogP contribution in [0.5, 0.6) is 0 Å². The van der Waals surface area contributed by atoms with Crippen molar-refractivity contribution in [3.63, 3.8) is 0 Å². The minimum Gasteiger partial charge on any atom is -0.381 e. The standard InChI is InChI=1S/C17H32N2O2/c1-14-6-4-5-10-18(14)11-7-15-8-12-19(13-9-15)16(20)17(2,3)21/h14-15,21H,4-13H2,1-3H3. The van der Waals surface area contributed by atoms with Gasteiger partial charge in [0, 0.05) is 19.1 Å². The van der Waals surface area contributed by atoms with Gasteiger partial charge in [-0.3, -0.25) is 4.79 Å². The Hall–Kier alpha value is -0.610. The molecular weight excluding hydrogens is 264 g/mol. The first-order valence-electron chi connectivity index (χ1n) is 8.63. The fourth-order valence-corrected chi connectivity index (χ4v) is 3.65. The van der Waals surface area contributed by atoms with E-state index in [1.165, 1.54) is 38.8 Å². The molecule has 1 atom stereocenters. The highest BCUT2D eigenvalue weighted by atomic mass is 16.3. The van der Waals surface area contributed by atoms with Crippen molar-refractivity contribution in [3.8, 4) is 0 Å². The van der Waals surface area contributed by atoms with Gasteiger partial charge in [0.2, 0.25) is 0 Å². The number of amides is 1. The van der Waals surface area contributed by atoms with E-state index in [1.54, 1.807) is 13.8 Å². The molecule has 0 bridgehead atoms. The number of rotatable bonds is 4. The van der Waals surface area contributed by atoms with Crippen LogP contribution in [0.15, 0.2) is 0 Å². The van der Waals surface area contributed by atoms with Crippen molar-refractivity contribution >= 4 is 5.91 Å². The molecule has 4 nitrogen and oxygen atoms in total. The smallest absolute Gasteiger partial charge is 0.253 e. The van der Waals surface area contributed by atoms with Crippen LogP contribution < -0.4 is 0 Å². The van der Waals surface area contributed by atoms with Gasteiger partial charge in [0.05, 0.1) is 0 Å². The van der Waals surface area contributed by atoms with Gasteiger partial charge in [-0.05, 0) is 71.9 Å². The summed E-state index contributed by atoms with van der Waals surface area (Å²) in [5.74, 6) is 0.621. The lowest BCUT2D eigenvalue weighted by Crippen LogP contribution is -2.48. The average Bonchev–Trinajstić information content (AvgIpc) is 2.45. The molecule has 2 aliphatic heterocycles. The number of hydrogen-bond acceptors (Lipinski definition) is 3. The highest BCUT2D eigenvalue weighted by Gasteiger charge is 2.32. The molecule has 122 valence electrons. The van der Waals surface area contributed by atoms with E-state index < -0.39 is 5.60 Å². The van der Waals surface area contributed by atoms with Crippen LogP contribution in [0.25, 0.3) is 0 Å². The zero-order chi connectivity index (χ0) is 15.5. The van der Waals surface area contributed by atoms with Gasteiger partial charge in [0.15, 0.2) is 0 Å². The Bertz CT molecular complexity index is 343. The third-order valence-electron chi connectivity index (χ3n) is 5.19. The lowest BCUT2D eigenvalue weighted by molar-refractivity contribution is -0.149. The molecule has 0 aromatic heterocycles. The van der Waals surface area contributed by atoms with E-state index >= 15 is 0 Å². The van der Waals surface area contributed by atoms with E-state index in [0.29, 0.717) is 0 Å². The molecule has 2 aliphatic rings. The Morgan fingerprint density at radius 3 is 2.38 bits per heavy atom. The Labute approximate surface area is 129 Å². The van der Waals surface area contributed by atoms with E-state index in [2.05, 4.69) is 11.8 Å². The largest absolute Gasteiger partial charge is 0.381 e. The summed E-state index contributed by atoms with van der Waals surface area (Å²) in [7, 11) is 0. The molecule has 0 aromatic carbocycles. The van der Waals surface area contributed by atoms with Crippen LogP contribution in [-0.4, -0.2) is 58.6 Å². The van der Waals surface area contributed by atoms with Crippen molar-refractivity contribution < 1.29 is 9.90 Å². The Morgan fingerprint density at radius 2 is 1.81 bits per heavy atom. The van der Waals surface area contributed by atoms with Gasteiger partial charge in [0.1, 0.15) is 5.60 Å². The van der Waals surface area contributed by atoms with Crippen molar-refractivity contribution in [1.29, 1.82) is 0 Å². The van der Waals surface area contributed by atoms with Gasteiger partial charge >= 0.3 is 0 Å². The fourth-order valence-electron chi connectivity index (χ4n) is 3.65. The number of hydrogen-bond donors (Lipinski definition) is 1. The molecule has 0 aromatic rings. The highest BCUT2D eigenvalue weighted by Crippen LogP contribution is 2.24. The molecule has 1 amide bonds. The summed E-state index contributed by atoms with van der Waals surface area (Å²) in [6.07, 6.45) is 7.51. The summed E-state index contributed by atoms with van der Waals surface area (Å²) in [6, 6.07) is 0.746. The molecule has 0 radical (unpaired) electrons. The summed E-state index contributed by atoms with van der Waals surface area (Å²) in [6.45, 7) is 9.61. The topological polar surface area (TPSA) is 43.8 Å². The minimum atomic E-state index is -1.23. The van der Waals surface area contributed by atoms with E-state index in [1.807, 2.05) is 4.90 Å². The Balaban J connectivity index is 1.71. The van der Waals surface area contributed by atoms with Crippen molar-refractivity contribution in [2.75, 3.05) is 26.2 Å². The number of likely N-dealkylation sites (tertiary alicyclic amines) is 2. The summed E-state index contributed by atoms with van der Waals surface area (Å²) in [5.41, 5.74) is -1.23. The van der Waals surface area contributed by atoms with Gasteiger partial charge in [-0.2, -0.15) is 0 Å². The van der Waals surface area contributed by atoms with Crippen LogP contribution in [0.2, 0.25) is 0 Å². The second-order valence-electron chi connectivity index (χ2n) is 7.46. The van der Waals surface area contributed by atoms with Gasteiger partial charge < -0.3 is 14.9 Å². The quantitative estimate of drug-likeness (QED) is 0.865. The van der Waals surface area contributed by atoms with Gasteiger partial charge in [0.25, 0.3) is 5.91 Å². The summed E-state index contributed by atoms with van der Waals surface area (Å²) in [5, 5.41) is 9.81. The van der Waals surface area contributed by atoms with Gasteiger partial charge in [-0.1, -0.05) is 6.42 Å². The number of piperidine rings is 2. The summed E-state index contributed by atoms with van der Waals surface area (Å²) >= 11 is 0. The van der Waals surface area contributed by atoms with Crippen molar-refractivity contribution in [2.45, 2.75) is 70.9 Å². The molecule has 1 unspecified atom stereocenters. The first-order chi connectivity index (χ1) is 9.88. The molecule has 2 saturated heterocycles. The Kier molecular flexibility index (Phi) is 5.67. The van der Waals surface area contributed by atoms with Crippen molar-refractivity contribution in [2.24, 2.45) is 5.92 Å². The van der Waals surface area contributed by atoms with Crippen molar-refractivity contribution in [3.05, 3.63) is 0 Å². The van der Waals surface area contributed by atoms with Crippen LogP contribution in [-0.2, 0) is 4.79 Å². The van der Waals surface area contributed by atoms with Crippen LogP contribution in [0.3, 0.4) is 0 Å². The third kappa shape index (κ3) is 4.68. The molecule has 0 saturated carbocycles. The normalized spacial score (nSPS) is 26.1. The monoisotopic (exact) mass is 296 g/mol. The van der Waals surface area contributed by atoms with E-state index in [4.69, 9.17) is 0 Å². The second-order valence-corrected chi connectivity index (χ2v) is 7.46. The number of carbonyl (C=O) groups is 1. The van der Waals surface area contributed by atoms with Crippen molar-refractivity contribution in [1.82, 2.24) is 9.80 Å². The number of aliphatic hydroxyl groups is 1. The van der Waals surface area contributed by atoms with E-state index in [-0.39, 0.29) is 5.91 Å². The molecule has 4 heteroatoms. The molecule has 0 aliphatic carbocycles. The minimum absolute atomic E-state index is 0.120. The molecule has 2 heterocycles. The van der Waals surface area contributed by atoms with E-state index in [0.717, 1.165) is 37.9 Å². The predicted molar refractivity (Wildman–Crippen MR) is 85.1 cm³/mol. The number of carbonyl (C=O) groups excluding carboxylic acids is 1. The fraction of sp³-hybridized carbons (Fsp3) is 0.941.